The molecule has 2 aromatic carbocycles. The van der Waals surface area contributed by atoms with Crippen LogP contribution in [0.15, 0.2) is 60.7 Å². The Hall–Kier alpha value is -2.62. The molecule has 2 atom stereocenters. The SMILES string of the molecule is CCC(C)C(=O)N1CCCC(C(=O)NC(C)(c2ccccc2)c2ccccc2)C1. The van der Waals surface area contributed by atoms with E-state index < -0.39 is 5.54 Å². The number of likely N-dealkylation sites (tertiary alicyclic amines) is 1. The van der Waals surface area contributed by atoms with E-state index in [-0.39, 0.29) is 23.7 Å². The van der Waals surface area contributed by atoms with Crippen molar-refractivity contribution in [1.82, 2.24) is 10.2 Å². The lowest BCUT2D eigenvalue weighted by Crippen LogP contribution is -2.51. The Morgan fingerprint density at radius 1 is 1.07 bits per heavy atom. The fourth-order valence-electron chi connectivity index (χ4n) is 4.08. The topological polar surface area (TPSA) is 49.4 Å². The van der Waals surface area contributed by atoms with Gasteiger partial charge in [-0.1, -0.05) is 74.5 Å². The number of nitrogens with zero attached hydrogens (tertiary/aromatic N) is 1. The molecule has 1 aliphatic heterocycles. The lowest BCUT2D eigenvalue weighted by Gasteiger charge is -2.37. The second-order valence-corrected chi connectivity index (χ2v) is 8.28. The summed E-state index contributed by atoms with van der Waals surface area (Å²) in [5.41, 5.74) is 1.47. The van der Waals surface area contributed by atoms with Crippen LogP contribution in [-0.2, 0) is 15.1 Å². The molecule has 1 N–H and O–H groups in total. The zero-order valence-electron chi connectivity index (χ0n) is 17.7. The van der Waals surface area contributed by atoms with Gasteiger partial charge in [0.05, 0.1) is 11.5 Å². The van der Waals surface area contributed by atoms with Crippen LogP contribution in [0, 0.1) is 11.8 Å². The number of carbonyl (C=O) groups is 2. The van der Waals surface area contributed by atoms with Gasteiger partial charge < -0.3 is 10.2 Å². The number of carbonyl (C=O) groups excluding carboxylic acids is 2. The summed E-state index contributed by atoms with van der Waals surface area (Å²) in [5, 5.41) is 3.32. The van der Waals surface area contributed by atoms with Crippen LogP contribution in [0.2, 0.25) is 0 Å². The van der Waals surface area contributed by atoms with E-state index >= 15 is 0 Å². The molecule has 2 aromatic rings. The van der Waals surface area contributed by atoms with Gasteiger partial charge >= 0.3 is 0 Å². The Bertz CT molecular complexity index is 780. The normalized spacial score (nSPS) is 18.2. The molecule has 1 fully saturated rings. The Labute approximate surface area is 174 Å². The molecule has 0 bridgehead atoms. The molecule has 0 aliphatic carbocycles. The monoisotopic (exact) mass is 392 g/mol. The summed E-state index contributed by atoms with van der Waals surface area (Å²) in [6.07, 6.45) is 2.51. The summed E-state index contributed by atoms with van der Waals surface area (Å²) >= 11 is 0. The van der Waals surface area contributed by atoms with Crippen LogP contribution in [-0.4, -0.2) is 29.8 Å². The fraction of sp³-hybridized carbons (Fsp3) is 0.440. The van der Waals surface area contributed by atoms with Crippen molar-refractivity contribution in [2.24, 2.45) is 11.8 Å². The maximum absolute atomic E-state index is 13.3. The maximum Gasteiger partial charge on any atom is 0.225 e. The number of nitrogens with one attached hydrogen (secondary N) is 1. The van der Waals surface area contributed by atoms with Gasteiger partial charge in [-0.05, 0) is 37.3 Å². The van der Waals surface area contributed by atoms with Crippen LogP contribution in [0.5, 0.6) is 0 Å². The Kier molecular flexibility index (Phi) is 6.73. The third kappa shape index (κ3) is 4.69. The van der Waals surface area contributed by atoms with Crippen LogP contribution in [0.3, 0.4) is 0 Å². The van der Waals surface area contributed by atoms with Gasteiger partial charge in [-0.15, -0.1) is 0 Å². The molecule has 1 heterocycles. The van der Waals surface area contributed by atoms with E-state index in [0.29, 0.717) is 6.54 Å². The first kappa shape index (κ1) is 21.1. The molecule has 4 nitrogen and oxygen atoms in total. The number of benzene rings is 2. The van der Waals surface area contributed by atoms with Crippen molar-refractivity contribution in [1.29, 1.82) is 0 Å². The third-order valence-electron chi connectivity index (χ3n) is 6.21. The van der Waals surface area contributed by atoms with Crippen LogP contribution in [0.1, 0.15) is 51.2 Å². The maximum atomic E-state index is 13.3. The number of amides is 2. The van der Waals surface area contributed by atoms with Crippen molar-refractivity contribution >= 4 is 11.8 Å². The Balaban J connectivity index is 1.81. The van der Waals surface area contributed by atoms with E-state index in [2.05, 4.69) is 12.2 Å². The summed E-state index contributed by atoms with van der Waals surface area (Å²) in [4.78, 5) is 27.8. The highest BCUT2D eigenvalue weighted by molar-refractivity contribution is 5.83. The quantitative estimate of drug-likeness (QED) is 0.794. The van der Waals surface area contributed by atoms with E-state index in [4.69, 9.17) is 0 Å². The summed E-state index contributed by atoms with van der Waals surface area (Å²) in [5.74, 6) is 0.0139. The van der Waals surface area contributed by atoms with E-state index in [1.807, 2.05) is 79.4 Å². The van der Waals surface area contributed by atoms with Gasteiger partial charge in [-0.25, -0.2) is 0 Å². The van der Waals surface area contributed by atoms with Gasteiger partial charge in [0.2, 0.25) is 11.8 Å². The number of rotatable bonds is 6. The molecule has 0 saturated carbocycles. The molecule has 0 aromatic heterocycles. The van der Waals surface area contributed by atoms with E-state index in [9.17, 15) is 9.59 Å². The summed E-state index contributed by atoms with van der Waals surface area (Å²) in [7, 11) is 0. The first-order chi connectivity index (χ1) is 14.0. The molecule has 0 radical (unpaired) electrons. The van der Waals surface area contributed by atoms with Gasteiger partial charge in [-0.2, -0.15) is 0 Å². The van der Waals surface area contributed by atoms with Crippen LogP contribution < -0.4 is 5.32 Å². The van der Waals surface area contributed by atoms with Gasteiger partial charge in [-0.3, -0.25) is 9.59 Å². The predicted octanol–water partition coefficient (Wildman–Crippen LogP) is 4.35. The zero-order valence-corrected chi connectivity index (χ0v) is 17.7. The van der Waals surface area contributed by atoms with Gasteiger partial charge in [0.1, 0.15) is 0 Å². The number of piperidine rings is 1. The molecular weight excluding hydrogens is 360 g/mol. The first-order valence-corrected chi connectivity index (χ1v) is 10.7. The molecule has 154 valence electrons. The third-order valence-corrected chi connectivity index (χ3v) is 6.21. The minimum absolute atomic E-state index is 0.00992. The molecule has 1 aliphatic rings. The molecule has 0 spiro atoms. The van der Waals surface area contributed by atoms with Crippen molar-refractivity contribution in [3.63, 3.8) is 0 Å². The van der Waals surface area contributed by atoms with E-state index in [1.54, 1.807) is 0 Å². The summed E-state index contributed by atoms with van der Waals surface area (Å²) < 4.78 is 0. The second-order valence-electron chi connectivity index (χ2n) is 8.28. The van der Waals surface area contributed by atoms with Gasteiger partial charge in [0.15, 0.2) is 0 Å². The van der Waals surface area contributed by atoms with Crippen LogP contribution in [0.25, 0.3) is 0 Å². The minimum Gasteiger partial charge on any atom is -0.342 e. The highest BCUT2D eigenvalue weighted by Crippen LogP contribution is 2.30. The van der Waals surface area contributed by atoms with Crippen LogP contribution >= 0.6 is 0 Å². The molecule has 4 heteroatoms. The summed E-state index contributed by atoms with van der Waals surface area (Å²) in [6.45, 7) is 7.31. The predicted molar refractivity (Wildman–Crippen MR) is 116 cm³/mol. The van der Waals surface area contributed by atoms with Crippen LogP contribution in [0.4, 0.5) is 0 Å². The molecule has 3 rings (SSSR count). The van der Waals surface area contributed by atoms with Gasteiger partial charge in [0.25, 0.3) is 0 Å². The zero-order chi connectivity index (χ0) is 20.9. The number of hydrogen-bond donors (Lipinski definition) is 1. The average Bonchev–Trinajstić information content (AvgIpc) is 2.79. The molecule has 1 saturated heterocycles. The second kappa shape index (κ2) is 9.25. The fourth-order valence-corrected chi connectivity index (χ4v) is 4.08. The van der Waals surface area contributed by atoms with Crippen molar-refractivity contribution in [2.45, 2.75) is 45.6 Å². The Morgan fingerprint density at radius 2 is 1.62 bits per heavy atom. The largest absolute Gasteiger partial charge is 0.342 e. The van der Waals surface area contributed by atoms with Crippen molar-refractivity contribution < 1.29 is 9.59 Å². The molecular formula is C25H32N2O2. The summed E-state index contributed by atoms with van der Waals surface area (Å²) in [6, 6.07) is 20.1. The van der Waals surface area contributed by atoms with E-state index in [1.165, 1.54) is 0 Å². The molecule has 2 amide bonds. The van der Waals surface area contributed by atoms with E-state index in [0.717, 1.165) is 36.9 Å². The first-order valence-electron chi connectivity index (χ1n) is 10.7. The van der Waals surface area contributed by atoms with Gasteiger partial charge in [0, 0.05) is 19.0 Å². The standard InChI is InChI=1S/C25H32N2O2/c1-4-19(2)24(29)27-17-11-12-20(18-27)23(28)26-25(3,21-13-7-5-8-14-21)22-15-9-6-10-16-22/h5-10,13-16,19-20H,4,11-12,17-18H2,1-3H3,(H,26,28). The molecule has 29 heavy (non-hydrogen) atoms. The highest BCUT2D eigenvalue weighted by atomic mass is 16.2. The van der Waals surface area contributed by atoms with Crippen molar-refractivity contribution in [3.8, 4) is 0 Å². The highest BCUT2D eigenvalue weighted by Gasteiger charge is 2.35. The lowest BCUT2D eigenvalue weighted by atomic mass is 9.83. The minimum atomic E-state index is -0.622. The molecule has 2 unspecified atom stereocenters. The smallest absolute Gasteiger partial charge is 0.225 e. The Morgan fingerprint density at radius 3 is 2.14 bits per heavy atom. The lowest BCUT2D eigenvalue weighted by molar-refractivity contribution is -0.139. The number of hydrogen-bond acceptors (Lipinski definition) is 2. The van der Waals surface area contributed by atoms with Crippen molar-refractivity contribution in [3.05, 3.63) is 71.8 Å². The average molecular weight is 393 g/mol. The van der Waals surface area contributed by atoms with Crippen molar-refractivity contribution in [2.75, 3.05) is 13.1 Å².